The summed E-state index contributed by atoms with van der Waals surface area (Å²) in [4.78, 5) is 13.6. The standard InChI is InChI=1S/C12H23NO3/c1-9(2)8-11(14)12(15)13-6-4-10(16-3)5-7-13/h9-11,14H,4-8H2,1-3H3/t11-/m0/s1. The Balaban J connectivity index is 2.38. The normalized spacial score (nSPS) is 20.2. The lowest BCUT2D eigenvalue weighted by atomic mass is 10.0. The van der Waals surface area contributed by atoms with Crippen LogP contribution in [-0.4, -0.2) is 48.3 Å². The van der Waals surface area contributed by atoms with E-state index in [0.717, 1.165) is 12.8 Å². The van der Waals surface area contributed by atoms with Gasteiger partial charge in [0.25, 0.3) is 5.91 Å². The largest absolute Gasteiger partial charge is 0.383 e. The summed E-state index contributed by atoms with van der Waals surface area (Å²) < 4.78 is 5.24. The van der Waals surface area contributed by atoms with Crippen molar-refractivity contribution in [2.24, 2.45) is 5.92 Å². The van der Waals surface area contributed by atoms with Gasteiger partial charge in [-0.05, 0) is 25.2 Å². The Morgan fingerprint density at radius 1 is 1.44 bits per heavy atom. The zero-order chi connectivity index (χ0) is 12.1. The first-order valence-electron chi connectivity index (χ1n) is 6.04. The SMILES string of the molecule is COC1CCN(C(=O)[C@@H](O)CC(C)C)CC1. The summed E-state index contributed by atoms with van der Waals surface area (Å²) in [6, 6.07) is 0. The van der Waals surface area contributed by atoms with E-state index in [0.29, 0.717) is 25.4 Å². The first kappa shape index (κ1) is 13.5. The molecule has 0 aromatic rings. The number of nitrogens with zero attached hydrogens (tertiary/aromatic N) is 1. The van der Waals surface area contributed by atoms with E-state index in [1.54, 1.807) is 12.0 Å². The van der Waals surface area contributed by atoms with E-state index in [1.807, 2.05) is 13.8 Å². The number of piperidine rings is 1. The van der Waals surface area contributed by atoms with Crippen LogP contribution in [0.2, 0.25) is 0 Å². The number of ether oxygens (including phenoxy) is 1. The third-order valence-electron chi connectivity index (χ3n) is 3.07. The zero-order valence-electron chi connectivity index (χ0n) is 10.5. The van der Waals surface area contributed by atoms with Gasteiger partial charge in [-0.15, -0.1) is 0 Å². The molecule has 4 heteroatoms. The van der Waals surface area contributed by atoms with Crippen LogP contribution >= 0.6 is 0 Å². The number of rotatable bonds is 4. The number of aliphatic hydroxyl groups excluding tert-OH is 1. The number of hydrogen-bond acceptors (Lipinski definition) is 3. The minimum absolute atomic E-state index is 0.122. The molecule has 1 heterocycles. The van der Waals surface area contributed by atoms with Gasteiger partial charge in [-0.25, -0.2) is 0 Å². The third kappa shape index (κ3) is 3.76. The first-order chi connectivity index (χ1) is 7.54. The highest BCUT2D eigenvalue weighted by atomic mass is 16.5. The lowest BCUT2D eigenvalue weighted by Gasteiger charge is -2.32. The molecule has 4 nitrogen and oxygen atoms in total. The second-order valence-corrected chi connectivity index (χ2v) is 4.91. The van der Waals surface area contributed by atoms with Crippen LogP contribution in [-0.2, 0) is 9.53 Å². The van der Waals surface area contributed by atoms with Crippen molar-refractivity contribution in [3.8, 4) is 0 Å². The van der Waals surface area contributed by atoms with Crippen LogP contribution in [0.5, 0.6) is 0 Å². The number of methoxy groups -OCH3 is 1. The number of amides is 1. The van der Waals surface area contributed by atoms with Crippen molar-refractivity contribution < 1.29 is 14.6 Å². The quantitative estimate of drug-likeness (QED) is 0.783. The average molecular weight is 229 g/mol. The average Bonchev–Trinajstić information content (AvgIpc) is 2.27. The molecule has 1 amide bonds. The molecule has 1 atom stereocenters. The summed E-state index contributed by atoms with van der Waals surface area (Å²) in [5.74, 6) is 0.221. The topological polar surface area (TPSA) is 49.8 Å². The maximum absolute atomic E-state index is 11.9. The van der Waals surface area contributed by atoms with Crippen molar-refractivity contribution in [1.29, 1.82) is 0 Å². The predicted octanol–water partition coefficient (Wildman–Crippen LogP) is 1.03. The maximum atomic E-state index is 11.9. The van der Waals surface area contributed by atoms with Crippen molar-refractivity contribution in [3.63, 3.8) is 0 Å². The van der Waals surface area contributed by atoms with E-state index in [4.69, 9.17) is 4.74 Å². The lowest BCUT2D eigenvalue weighted by molar-refractivity contribution is -0.143. The van der Waals surface area contributed by atoms with Gasteiger partial charge in [0.05, 0.1) is 6.10 Å². The molecule has 0 spiro atoms. The molecule has 1 fully saturated rings. The van der Waals surface area contributed by atoms with Gasteiger partial charge in [0.1, 0.15) is 6.10 Å². The van der Waals surface area contributed by atoms with Gasteiger partial charge in [0.15, 0.2) is 0 Å². The number of carbonyl (C=O) groups is 1. The van der Waals surface area contributed by atoms with Crippen molar-refractivity contribution in [3.05, 3.63) is 0 Å². The summed E-state index contributed by atoms with van der Waals surface area (Å²) in [7, 11) is 1.70. The maximum Gasteiger partial charge on any atom is 0.251 e. The number of carbonyl (C=O) groups excluding carboxylic acids is 1. The lowest BCUT2D eigenvalue weighted by Crippen LogP contribution is -2.45. The Morgan fingerprint density at radius 2 is 2.00 bits per heavy atom. The van der Waals surface area contributed by atoms with Crippen LogP contribution in [0.3, 0.4) is 0 Å². The van der Waals surface area contributed by atoms with Crippen molar-refractivity contribution in [1.82, 2.24) is 4.90 Å². The van der Waals surface area contributed by atoms with E-state index in [2.05, 4.69) is 0 Å². The van der Waals surface area contributed by atoms with Crippen molar-refractivity contribution >= 4 is 5.91 Å². The molecule has 1 N–H and O–H groups in total. The Kier molecular flexibility index (Phi) is 5.22. The fourth-order valence-corrected chi connectivity index (χ4v) is 2.07. The molecule has 1 aliphatic rings. The minimum Gasteiger partial charge on any atom is -0.383 e. The van der Waals surface area contributed by atoms with Gasteiger partial charge in [-0.3, -0.25) is 4.79 Å². The second kappa shape index (κ2) is 6.21. The Hall–Kier alpha value is -0.610. The zero-order valence-corrected chi connectivity index (χ0v) is 10.5. The van der Waals surface area contributed by atoms with Crippen molar-refractivity contribution in [2.75, 3.05) is 20.2 Å². The van der Waals surface area contributed by atoms with Crippen LogP contribution in [0.25, 0.3) is 0 Å². The fourth-order valence-electron chi connectivity index (χ4n) is 2.07. The molecule has 0 aromatic carbocycles. The Labute approximate surface area is 97.6 Å². The van der Waals surface area contributed by atoms with Gasteiger partial charge >= 0.3 is 0 Å². The second-order valence-electron chi connectivity index (χ2n) is 4.91. The first-order valence-corrected chi connectivity index (χ1v) is 6.04. The predicted molar refractivity (Wildman–Crippen MR) is 62.1 cm³/mol. The molecule has 0 radical (unpaired) electrons. The molecule has 1 rings (SSSR count). The van der Waals surface area contributed by atoms with Crippen LogP contribution < -0.4 is 0 Å². The highest BCUT2D eigenvalue weighted by Gasteiger charge is 2.27. The molecule has 94 valence electrons. The molecule has 0 aliphatic carbocycles. The van der Waals surface area contributed by atoms with Crippen molar-refractivity contribution in [2.45, 2.75) is 45.3 Å². The molecule has 1 aliphatic heterocycles. The highest BCUT2D eigenvalue weighted by Crippen LogP contribution is 2.15. The van der Waals surface area contributed by atoms with Gasteiger partial charge in [-0.2, -0.15) is 0 Å². The summed E-state index contributed by atoms with van der Waals surface area (Å²) >= 11 is 0. The molecule has 0 saturated carbocycles. The summed E-state index contributed by atoms with van der Waals surface area (Å²) in [5, 5.41) is 9.74. The van der Waals surface area contributed by atoms with E-state index >= 15 is 0 Å². The summed E-state index contributed by atoms with van der Waals surface area (Å²) in [6.07, 6.45) is 1.72. The minimum atomic E-state index is -0.834. The molecule has 0 unspecified atom stereocenters. The fraction of sp³-hybridized carbons (Fsp3) is 0.917. The third-order valence-corrected chi connectivity index (χ3v) is 3.07. The number of aliphatic hydroxyl groups is 1. The Morgan fingerprint density at radius 3 is 2.44 bits per heavy atom. The molecule has 1 saturated heterocycles. The molecule has 0 aromatic heterocycles. The van der Waals surface area contributed by atoms with Gasteiger partial charge < -0.3 is 14.7 Å². The van der Waals surface area contributed by atoms with E-state index in [-0.39, 0.29) is 12.0 Å². The van der Waals surface area contributed by atoms with Crippen LogP contribution in [0.1, 0.15) is 33.1 Å². The van der Waals surface area contributed by atoms with E-state index in [1.165, 1.54) is 0 Å². The van der Waals surface area contributed by atoms with Crippen LogP contribution in [0.15, 0.2) is 0 Å². The van der Waals surface area contributed by atoms with Gasteiger partial charge in [0, 0.05) is 20.2 Å². The summed E-state index contributed by atoms with van der Waals surface area (Å²) in [5.41, 5.74) is 0. The smallest absolute Gasteiger partial charge is 0.251 e. The molecular weight excluding hydrogens is 206 g/mol. The number of hydrogen-bond donors (Lipinski definition) is 1. The van der Waals surface area contributed by atoms with Gasteiger partial charge in [0.2, 0.25) is 0 Å². The van der Waals surface area contributed by atoms with E-state index in [9.17, 15) is 9.90 Å². The van der Waals surface area contributed by atoms with Crippen LogP contribution in [0.4, 0.5) is 0 Å². The van der Waals surface area contributed by atoms with Crippen LogP contribution in [0, 0.1) is 5.92 Å². The van der Waals surface area contributed by atoms with Gasteiger partial charge in [-0.1, -0.05) is 13.8 Å². The highest BCUT2D eigenvalue weighted by molar-refractivity contribution is 5.80. The number of likely N-dealkylation sites (tertiary alicyclic amines) is 1. The molecular formula is C12H23NO3. The summed E-state index contributed by atoms with van der Waals surface area (Å²) in [6.45, 7) is 5.42. The van der Waals surface area contributed by atoms with E-state index < -0.39 is 6.10 Å². The monoisotopic (exact) mass is 229 g/mol. The molecule has 16 heavy (non-hydrogen) atoms. The Bertz CT molecular complexity index is 222. The molecule has 0 bridgehead atoms.